The average molecular weight is 301 g/mol. The van der Waals surface area contributed by atoms with Crippen molar-refractivity contribution in [1.29, 1.82) is 0 Å². The summed E-state index contributed by atoms with van der Waals surface area (Å²) in [6.07, 6.45) is 0. The Hall–Kier alpha value is -2.07. The van der Waals surface area contributed by atoms with Crippen LogP contribution < -0.4 is 14.8 Å². The maximum absolute atomic E-state index is 5.46. The molecule has 0 aliphatic carbocycles. The minimum absolute atomic E-state index is 0.665. The summed E-state index contributed by atoms with van der Waals surface area (Å²) in [5.41, 5.74) is 3.34. The van der Waals surface area contributed by atoms with Crippen molar-refractivity contribution in [2.45, 2.75) is 13.5 Å². The molecular weight excluding hydrogens is 282 g/mol. The van der Waals surface area contributed by atoms with Gasteiger partial charge in [0.05, 0.1) is 19.8 Å². The highest BCUT2D eigenvalue weighted by molar-refractivity contribution is 7.80. The highest BCUT2D eigenvalue weighted by Crippen LogP contribution is 2.24. The van der Waals surface area contributed by atoms with E-state index in [1.165, 1.54) is 11.1 Å². The molecule has 0 aliphatic rings. The molecule has 0 heterocycles. The van der Waals surface area contributed by atoms with E-state index in [2.05, 4.69) is 24.4 Å². The van der Waals surface area contributed by atoms with E-state index >= 15 is 0 Å². The summed E-state index contributed by atoms with van der Waals surface area (Å²) in [7, 11) is 3.26. The Morgan fingerprint density at radius 2 is 1.86 bits per heavy atom. The van der Waals surface area contributed by atoms with E-state index in [1.807, 2.05) is 30.3 Å². The maximum Gasteiger partial charge on any atom is 0.132 e. The monoisotopic (exact) mass is 301 g/mol. The number of ether oxygens (including phenoxy) is 2. The SMILES string of the molecule is COc1ccc(C(=S)NCc2ccccc2C)c(OC)c1. The summed E-state index contributed by atoms with van der Waals surface area (Å²) < 4.78 is 10.6. The molecule has 21 heavy (non-hydrogen) atoms. The van der Waals surface area contributed by atoms with Gasteiger partial charge in [0, 0.05) is 12.6 Å². The van der Waals surface area contributed by atoms with Gasteiger partial charge in [-0.25, -0.2) is 0 Å². The largest absolute Gasteiger partial charge is 0.497 e. The Balaban J connectivity index is 2.12. The molecule has 0 bridgehead atoms. The van der Waals surface area contributed by atoms with Gasteiger partial charge in [0.1, 0.15) is 16.5 Å². The van der Waals surface area contributed by atoms with Gasteiger partial charge in [-0.3, -0.25) is 0 Å². The third-order valence-electron chi connectivity index (χ3n) is 3.35. The standard InChI is InChI=1S/C17H19NO2S/c1-12-6-4-5-7-13(12)11-18-17(21)15-9-8-14(19-2)10-16(15)20-3/h4-10H,11H2,1-3H3,(H,18,21). The summed E-state index contributed by atoms with van der Waals surface area (Å²) in [4.78, 5) is 0.665. The zero-order valence-corrected chi connectivity index (χ0v) is 13.3. The highest BCUT2D eigenvalue weighted by atomic mass is 32.1. The number of nitrogens with one attached hydrogen (secondary N) is 1. The summed E-state index contributed by atoms with van der Waals surface area (Å²) in [5.74, 6) is 1.45. The Morgan fingerprint density at radius 3 is 2.52 bits per heavy atom. The van der Waals surface area contributed by atoms with Crippen molar-refractivity contribution < 1.29 is 9.47 Å². The van der Waals surface area contributed by atoms with Crippen LogP contribution in [0.15, 0.2) is 42.5 Å². The summed E-state index contributed by atoms with van der Waals surface area (Å²) in [6, 6.07) is 13.9. The Bertz CT molecular complexity index is 640. The Labute approximate surface area is 130 Å². The molecule has 2 aromatic rings. The van der Waals surface area contributed by atoms with E-state index in [1.54, 1.807) is 14.2 Å². The first-order chi connectivity index (χ1) is 10.2. The minimum Gasteiger partial charge on any atom is -0.497 e. The maximum atomic E-state index is 5.46. The lowest BCUT2D eigenvalue weighted by Crippen LogP contribution is -2.22. The van der Waals surface area contributed by atoms with Crippen LogP contribution in [0.4, 0.5) is 0 Å². The fraction of sp³-hybridized carbons (Fsp3) is 0.235. The second-order valence-corrected chi connectivity index (χ2v) is 5.08. The van der Waals surface area contributed by atoms with Gasteiger partial charge in [0.25, 0.3) is 0 Å². The quantitative estimate of drug-likeness (QED) is 0.857. The van der Waals surface area contributed by atoms with Crippen molar-refractivity contribution in [3.63, 3.8) is 0 Å². The molecule has 3 nitrogen and oxygen atoms in total. The molecule has 2 rings (SSSR count). The lowest BCUT2D eigenvalue weighted by atomic mass is 10.1. The van der Waals surface area contributed by atoms with Crippen LogP contribution in [0.5, 0.6) is 11.5 Å². The second-order valence-electron chi connectivity index (χ2n) is 4.68. The van der Waals surface area contributed by atoms with Crippen molar-refractivity contribution in [2.75, 3.05) is 14.2 Å². The van der Waals surface area contributed by atoms with Crippen molar-refractivity contribution in [3.05, 3.63) is 59.2 Å². The summed E-state index contributed by atoms with van der Waals surface area (Å²) >= 11 is 5.46. The van der Waals surface area contributed by atoms with Crippen molar-refractivity contribution in [2.24, 2.45) is 0 Å². The molecular formula is C17H19NO2S. The lowest BCUT2D eigenvalue weighted by Gasteiger charge is -2.14. The first kappa shape index (κ1) is 15.3. The van der Waals surface area contributed by atoms with Crippen LogP contribution >= 0.6 is 12.2 Å². The highest BCUT2D eigenvalue weighted by Gasteiger charge is 2.10. The van der Waals surface area contributed by atoms with E-state index in [9.17, 15) is 0 Å². The van der Waals surface area contributed by atoms with E-state index < -0.39 is 0 Å². The van der Waals surface area contributed by atoms with Crippen LogP contribution in [0.2, 0.25) is 0 Å². The van der Waals surface area contributed by atoms with Gasteiger partial charge < -0.3 is 14.8 Å². The molecule has 1 N–H and O–H groups in total. The summed E-state index contributed by atoms with van der Waals surface area (Å²) in [6.45, 7) is 2.79. The van der Waals surface area contributed by atoms with Crippen LogP contribution in [0, 0.1) is 6.92 Å². The molecule has 0 radical (unpaired) electrons. The second kappa shape index (κ2) is 7.09. The van der Waals surface area contributed by atoms with Crippen LogP contribution in [0.1, 0.15) is 16.7 Å². The summed E-state index contributed by atoms with van der Waals surface area (Å²) in [5, 5.41) is 3.28. The van der Waals surface area contributed by atoms with Gasteiger partial charge in [0.2, 0.25) is 0 Å². The third kappa shape index (κ3) is 3.73. The molecule has 0 saturated carbocycles. The molecule has 2 aromatic carbocycles. The fourth-order valence-electron chi connectivity index (χ4n) is 2.07. The van der Waals surface area contributed by atoms with Crippen LogP contribution in [-0.4, -0.2) is 19.2 Å². The van der Waals surface area contributed by atoms with Gasteiger partial charge in [0.15, 0.2) is 0 Å². The van der Waals surface area contributed by atoms with E-state index in [0.29, 0.717) is 17.3 Å². The average Bonchev–Trinajstić information content (AvgIpc) is 2.53. The van der Waals surface area contributed by atoms with E-state index in [0.717, 1.165) is 11.3 Å². The molecule has 0 fully saturated rings. The topological polar surface area (TPSA) is 30.5 Å². The predicted octanol–water partition coefficient (Wildman–Crippen LogP) is 3.48. The molecule has 0 aliphatic heterocycles. The lowest BCUT2D eigenvalue weighted by molar-refractivity contribution is 0.394. The third-order valence-corrected chi connectivity index (χ3v) is 3.72. The minimum atomic E-state index is 0.665. The van der Waals surface area contributed by atoms with Gasteiger partial charge in [-0.1, -0.05) is 36.5 Å². The molecule has 0 atom stereocenters. The van der Waals surface area contributed by atoms with Gasteiger partial charge in [-0.15, -0.1) is 0 Å². The van der Waals surface area contributed by atoms with Gasteiger partial charge in [-0.05, 0) is 30.2 Å². The van der Waals surface area contributed by atoms with Crippen LogP contribution in [0.25, 0.3) is 0 Å². The number of hydrogen-bond acceptors (Lipinski definition) is 3. The molecule has 4 heteroatoms. The number of rotatable bonds is 5. The molecule has 0 aromatic heterocycles. The number of aryl methyl sites for hydroxylation is 1. The fourth-order valence-corrected chi connectivity index (χ4v) is 2.31. The zero-order valence-electron chi connectivity index (χ0n) is 12.5. The molecule has 110 valence electrons. The predicted molar refractivity (Wildman–Crippen MR) is 89.3 cm³/mol. The smallest absolute Gasteiger partial charge is 0.132 e. The van der Waals surface area contributed by atoms with Crippen molar-refractivity contribution in [3.8, 4) is 11.5 Å². The first-order valence-corrected chi connectivity index (χ1v) is 7.11. The van der Waals surface area contributed by atoms with Gasteiger partial charge >= 0.3 is 0 Å². The number of benzene rings is 2. The van der Waals surface area contributed by atoms with Gasteiger partial charge in [-0.2, -0.15) is 0 Å². The molecule has 0 amide bonds. The number of thiocarbonyl (C=S) groups is 1. The van der Waals surface area contributed by atoms with E-state index in [-0.39, 0.29) is 0 Å². The Morgan fingerprint density at radius 1 is 1.10 bits per heavy atom. The number of methoxy groups -OCH3 is 2. The van der Waals surface area contributed by atoms with Crippen LogP contribution in [-0.2, 0) is 6.54 Å². The Kier molecular flexibility index (Phi) is 5.17. The molecule has 0 spiro atoms. The van der Waals surface area contributed by atoms with Crippen molar-refractivity contribution >= 4 is 17.2 Å². The normalized spacial score (nSPS) is 10.0. The zero-order chi connectivity index (χ0) is 15.2. The van der Waals surface area contributed by atoms with E-state index in [4.69, 9.17) is 21.7 Å². The molecule has 0 saturated heterocycles. The van der Waals surface area contributed by atoms with Crippen LogP contribution in [0.3, 0.4) is 0 Å². The molecule has 0 unspecified atom stereocenters. The first-order valence-electron chi connectivity index (χ1n) is 6.70. The van der Waals surface area contributed by atoms with Crippen molar-refractivity contribution in [1.82, 2.24) is 5.32 Å². The number of hydrogen-bond donors (Lipinski definition) is 1.